The molecule has 1 aromatic carbocycles. The van der Waals surface area contributed by atoms with Gasteiger partial charge in [-0.15, -0.1) is 0 Å². The highest BCUT2D eigenvalue weighted by molar-refractivity contribution is 5.77. The average Bonchev–Trinajstić information content (AvgIpc) is 3.07. The Morgan fingerprint density at radius 2 is 2.05 bits per heavy atom. The van der Waals surface area contributed by atoms with Crippen molar-refractivity contribution < 1.29 is 4.42 Å². The van der Waals surface area contributed by atoms with Crippen LogP contribution in [0.5, 0.6) is 0 Å². The molecule has 3 heteroatoms. The molecule has 3 rings (SSSR count). The van der Waals surface area contributed by atoms with Crippen molar-refractivity contribution in [3.05, 3.63) is 36.1 Å². The van der Waals surface area contributed by atoms with Crippen LogP contribution in [-0.4, -0.2) is 30.6 Å². The monoisotopic (exact) mass is 258 g/mol. The van der Waals surface area contributed by atoms with E-state index in [1.807, 2.05) is 18.2 Å². The second-order valence-electron chi connectivity index (χ2n) is 5.47. The molecule has 2 aromatic rings. The first-order valence-electron chi connectivity index (χ1n) is 7.25. The van der Waals surface area contributed by atoms with E-state index in [0.29, 0.717) is 6.04 Å². The van der Waals surface area contributed by atoms with Crippen LogP contribution in [0.4, 0.5) is 0 Å². The first kappa shape index (κ1) is 12.7. The molecule has 1 aliphatic heterocycles. The second kappa shape index (κ2) is 5.76. The zero-order valence-electron chi connectivity index (χ0n) is 11.6. The Bertz CT molecular complexity index is 495. The number of hydrogen-bond acceptors (Lipinski definition) is 3. The average molecular weight is 258 g/mol. The van der Waals surface area contributed by atoms with Crippen LogP contribution >= 0.6 is 0 Å². The number of likely N-dealkylation sites (tertiary alicyclic amines) is 1. The standard InChI is InChI=1S/C16H22N2O/c1-13(18-8-4-5-9-18)11-17-12-15-10-14-6-2-3-7-16(14)19-15/h2-3,6-7,10,13,17H,4-5,8-9,11-12H2,1H3. The number of fused-ring (bicyclic) bond motifs is 1. The number of furan rings is 1. The maximum absolute atomic E-state index is 5.80. The lowest BCUT2D eigenvalue weighted by atomic mass is 10.2. The molecule has 3 nitrogen and oxygen atoms in total. The number of benzene rings is 1. The molecule has 2 heterocycles. The van der Waals surface area contributed by atoms with E-state index in [1.165, 1.54) is 31.3 Å². The van der Waals surface area contributed by atoms with Crippen LogP contribution in [0.25, 0.3) is 11.0 Å². The first-order chi connectivity index (χ1) is 9.33. The van der Waals surface area contributed by atoms with Crippen LogP contribution < -0.4 is 5.32 Å². The van der Waals surface area contributed by atoms with Crippen molar-refractivity contribution in [2.45, 2.75) is 32.4 Å². The lowest BCUT2D eigenvalue weighted by molar-refractivity contribution is 0.250. The number of rotatable bonds is 5. The minimum Gasteiger partial charge on any atom is -0.460 e. The third-order valence-electron chi connectivity index (χ3n) is 3.98. The van der Waals surface area contributed by atoms with Gasteiger partial charge in [0.25, 0.3) is 0 Å². The van der Waals surface area contributed by atoms with E-state index in [1.54, 1.807) is 0 Å². The summed E-state index contributed by atoms with van der Waals surface area (Å²) in [5, 5.41) is 4.69. The van der Waals surface area contributed by atoms with E-state index in [9.17, 15) is 0 Å². The molecule has 0 radical (unpaired) electrons. The summed E-state index contributed by atoms with van der Waals surface area (Å²) >= 11 is 0. The van der Waals surface area contributed by atoms with E-state index in [2.05, 4.69) is 29.3 Å². The summed E-state index contributed by atoms with van der Waals surface area (Å²) in [7, 11) is 0. The predicted molar refractivity (Wildman–Crippen MR) is 78.2 cm³/mol. The summed E-state index contributed by atoms with van der Waals surface area (Å²) in [6.45, 7) is 6.65. The number of nitrogens with zero attached hydrogens (tertiary/aromatic N) is 1. The van der Waals surface area contributed by atoms with Crippen LogP contribution in [0.1, 0.15) is 25.5 Å². The van der Waals surface area contributed by atoms with Gasteiger partial charge in [-0.1, -0.05) is 18.2 Å². The van der Waals surface area contributed by atoms with Gasteiger partial charge in [0.15, 0.2) is 0 Å². The number of para-hydroxylation sites is 1. The highest BCUT2D eigenvalue weighted by atomic mass is 16.3. The van der Waals surface area contributed by atoms with Crippen LogP contribution in [0.15, 0.2) is 34.7 Å². The van der Waals surface area contributed by atoms with Crippen molar-refractivity contribution in [2.24, 2.45) is 0 Å². The largest absolute Gasteiger partial charge is 0.460 e. The molecule has 0 amide bonds. The Hall–Kier alpha value is -1.32. The zero-order valence-corrected chi connectivity index (χ0v) is 11.6. The zero-order chi connectivity index (χ0) is 13.1. The van der Waals surface area contributed by atoms with Gasteiger partial charge in [0.05, 0.1) is 6.54 Å². The van der Waals surface area contributed by atoms with Gasteiger partial charge in [-0.3, -0.25) is 4.90 Å². The molecule has 1 N–H and O–H groups in total. The van der Waals surface area contributed by atoms with Gasteiger partial charge in [-0.05, 0) is 45.0 Å². The number of hydrogen-bond donors (Lipinski definition) is 1. The molecule has 19 heavy (non-hydrogen) atoms. The van der Waals surface area contributed by atoms with E-state index < -0.39 is 0 Å². The summed E-state index contributed by atoms with van der Waals surface area (Å²) in [6, 6.07) is 10.9. The number of nitrogens with one attached hydrogen (secondary N) is 1. The normalized spacial score (nSPS) is 18.2. The van der Waals surface area contributed by atoms with Gasteiger partial charge < -0.3 is 9.73 Å². The van der Waals surface area contributed by atoms with Gasteiger partial charge in [0.2, 0.25) is 0 Å². The van der Waals surface area contributed by atoms with Crippen LogP contribution in [0.3, 0.4) is 0 Å². The highest BCUT2D eigenvalue weighted by Gasteiger charge is 2.17. The van der Waals surface area contributed by atoms with E-state index >= 15 is 0 Å². The maximum atomic E-state index is 5.80. The minimum atomic E-state index is 0.617. The van der Waals surface area contributed by atoms with Gasteiger partial charge >= 0.3 is 0 Å². The maximum Gasteiger partial charge on any atom is 0.134 e. The molecule has 1 atom stereocenters. The van der Waals surface area contributed by atoms with E-state index in [4.69, 9.17) is 4.42 Å². The summed E-state index contributed by atoms with van der Waals surface area (Å²) in [4.78, 5) is 2.56. The smallest absolute Gasteiger partial charge is 0.134 e. The first-order valence-corrected chi connectivity index (χ1v) is 7.25. The third-order valence-corrected chi connectivity index (χ3v) is 3.98. The van der Waals surface area contributed by atoms with Crippen molar-refractivity contribution in [1.29, 1.82) is 0 Å². The van der Waals surface area contributed by atoms with Gasteiger partial charge in [-0.25, -0.2) is 0 Å². The molecule has 1 aromatic heterocycles. The summed E-state index contributed by atoms with van der Waals surface area (Å²) in [6.07, 6.45) is 2.71. The van der Waals surface area contributed by atoms with Crippen molar-refractivity contribution >= 4 is 11.0 Å². The lowest BCUT2D eigenvalue weighted by Crippen LogP contribution is -2.38. The highest BCUT2D eigenvalue weighted by Crippen LogP contribution is 2.18. The van der Waals surface area contributed by atoms with E-state index in [-0.39, 0.29) is 0 Å². The van der Waals surface area contributed by atoms with Crippen LogP contribution in [-0.2, 0) is 6.54 Å². The van der Waals surface area contributed by atoms with Crippen molar-refractivity contribution in [2.75, 3.05) is 19.6 Å². The van der Waals surface area contributed by atoms with Gasteiger partial charge in [-0.2, -0.15) is 0 Å². The molecular weight excluding hydrogens is 236 g/mol. The predicted octanol–water partition coefficient (Wildman–Crippen LogP) is 3.01. The molecule has 1 saturated heterocycles. The van der Waals surface area contributed by atoms with Crippen LogP contribution in [0, 0.1) is 0 Å². The van der Waals surface area contributed by atoms with Gasteiger partial charge in [0.1, 0.15) is 11.3 Å². The Balaban J connectivity index is 1.51. The fraction of sp³-hybridized carbons (Fsp3) is 0.500. The van der Waals surface area contributed by atoms with Crippen LogP contribution in [0.2, 0.25) is 0 Å². The molecule has 0 spiro atoms. The molecule has 1 fully saturated rings. The van der Waals surface area contributed by atoms with Crippen molar-refractivity contribution in [3.63, 3.8) is 0 Å². The molecule has 0 aliphatic carbocycles. The molecule has 0 saturated carbocycles. The molecule has 102 valence electrons. The van der Waals surface area contributed by atoms with Crippen molar-refractivity contribution in [3.8, 4) is 0 Å². The molecule has 1 unspecified atom stereocenters. The Morgan fingerprint density at radius 3 is 2.84 bits per heavy atom. The quantitative estimate of drug-likeness (QED) is 0.893. The summed E-state index contributed by atoms with van der Waals surface area (Å²) < 4.78 is 5.80. The van der Waals surface area contributed by atoms with Gasteiger partial charge in [0, 0.05) is 18.0 Å². The molecule has 1 aliphatic rings. The Labute approximate surface area is 114 Å². The topological polar surface area (TPSA) is 28.4 Å². The van der Waals surface area contributed by atoms with E-state index in [0.717, 1.165) is 24.4 Å². The summed E-state index contributed by atoms with van der Waals surface area (Å²) in [5.74, 6) is 1.02. The fourth-order valence-electron chi connectivity index (χ4n) is 2.84. The molecule has 0 bridgehead atoms. The lowest BCUT2D eigenvalue weighted by Gasteiger charge is -2.23. The Morgan fingerprint density at radius 1 is 1.26 bits per heavy atom. The Kier molecular flexibility index (Phi) is 3.85. The fourth-order valence-corrected chi connectivity index (χ4v) is 2.84. The minimum absolute atomic E-state index is 0.617. The third kappa shape index (κ3) is 2.99. The molecular formula is C16H22N2O. The SMILES string of the molecule is CC(CNCc1cc2ccccc2o1)N1CCCC1. The second-order valence-corrected chi connectivity index (χ2v) is 5.47. The van der Waals surface area contributed by atoms with Crippen molar-refractivity contribution in [1.82, 2.24) is 10.2 Å². The summed E-state index contributed by atoms with van der Waals surface area (Å²) in [5.41, 5.74) is 0.979.